The number of carboxylic acid groups (broad SMARTS) is 1. The highest BCUT2D eigenvalue weighted by Crippen LogP contribution is 2.29. The van der Waals surface area contributed by atoms with Crippen LogP contribution in [0.2, 0.25) is 0 Å². The van der Waals surface area contributed by atoms with Crippen LogP contribution in [0.25, 0.3) is 0 Å². The lowest BCUT2D eigenvalue weighted by Gasteiger charge is -2.26. The second kappa shape index (κ2) is 8.39. The average molecular weight is 397 g/mol. The number of hydrogen-bond donors (Lipinski definition) is 2. The molecule has 8 heteroatoms. The van der Waals surface area contributed by atoms with Crippen molar-refractivity contribution in [3.63, 3.8) is 0 Å². The van der Waals surface area contributed by atoms with Crippen molar-refractivity contribution in [2.24, 2.45) is 17.3 Å². The van der Waals surface area contributed by atoms with Gasteiger partial charge in [0.1, 0.15) is 5.75 Å². The molecule has 7 nitrogen and oxygen atoms in total. The number of aliphatic carboxylic acids is 1. The Morgan fingerprint density at radius 1 is 1.11 bits per heavy atom. The first kappa shape index (κ1) is 21.4. The number of nitrogens with one attached hydrogen (secondary N) is 1. The summed E-state index contributed by atoms with van der Waals surface area (Å²) in [6.45, 7) is 5.50. The molecule has 0 atom stereocenters. The normalized spacial score (nSPS) is 20.9. The smallest absolute Gasteiger partial charge is 0.316 e. The van der Waals surface area contributed by atoms with Crippen molar-refractivity contribution in [3.8, 4) is 5.75 Å². The summed E-state index contributed by atoms with van der Waals surface area (Å²) in [6.07, 6.45) is 2.55. The molecule has 1 fully saturated rings. The maximum absolute atomic E-state index is 12.4. The third-order valence-corrected chi connectivity index (χ3v) is 6.15. The third kappa shape index (κ3) is 6.04. The van der Waals surface area contributed by atoms with E-state index in [-0.39, 0.29) is 23.3 Å². The summed E-state index contributed by atoms with van der Waals surface area (Å²) in [5.74, 6) is -1.06. The van der Waals surface area contributed by atoms with Crippen molar-refractivity contribution < 1.29 is 27.9 Å². The van der Waals surface area contributed by atoms with Crippen LogP contribution < -0.4 is 9.46 Å². The summed E-state index contributed by atoms with van der Waals surface area (Å²) in [5, 5.41) is 9.01. The number of hydrogen-bond acceptors (Lipinski definition) is 5. The van der Waals surface area contributed by atoms with Crippen molar-refractivity contribution >= 4 is 22.0 Å². The maximum atomic E-state index is 12.4. The predicted molar refractivity (Wildman–Crippen MR) is 99.8 cm³/mol. The van der Waals surface area contributed by atoms with Gasteiger partial charge in [0, 0.05) is 6.54 Å². The molecule has 0 unspecified atom stereocenters. The number of carbonyl (C=O) groups is 2. The van der Waals surface area contributed by atoms with E-state index in [1.807, 2.05) is 0 Å². The Morgan fingerprint density at radius 3 is 2.15 bits per heavy atom. The van der Waals surface area contributed by atoms with Crippen LogP contribution in [0, 0.1) is 17.3 Å². The van der Waals surface area contributed by atoms with Crippen molar-refractivity contribution in [3.05, 3.63) is 24.3 Å². The fourth-order valence-corrected chi connectivity index (χ4v) is 3.99. The average Bonchev–Trinajstić information content (AvgIpc) is 2.60. The molecule has 1 aliphatic carbocycles. The topological polar surface area (TPSA) is 110 Å². The molecule has 0 amide bonds. The Labute approximate surface area is 160 Å². The van der Waals surface area contributed by atoms with Gasteiger partial charge in [0.15, 0.2) is 0 Å². The van der Waals surface area contributed by atoms with Gasteiger partial charge < -0.3 is 9.84 Å². The zero-order valence-corrected chi connectivity index (χ0v) is 16.7. The largest absolute Gasteiger partial charge is 0.481 e. The van der Waals surface area contributed by atoms with Crippen LogP contribution >= 0.6 is 0 Å². The van der Waals surface area contributed by atoms with Gasteiger partial charge >= 0.3 is 11.9 Å². The lowest BCUT2D eigenvalue weighted by atomic mass is 9.82. The van der Waals surface area contributed by atoms with E-state index in [9.17, 15) is 18.0 Å². The molecular formula is C19H27NO6S. The third-order valence-electron chi connectivity index (χ3n) is 4.71. The van der Waals surface area contributed by atoms with E-state index in [0.717, 1.165) is 0 Å². The first-order valence-electron chi connectivity index (χ1n) is 9.04. The fourth-order valence-electron chi connectivity index (χ4n) is 2.87. The zero-order chi connectivity index (χ0) is 20.2. The van der Waals surface area contributed by atoms with Crippen molar-refractivity contribution in [1.29, 1.82) is 0 Å². The molecule has 0 heterocycles. The highest BCUT2D eigenvalue weighted by Gasteiger charge is 2.27. The summed E-state index contributed by atoms with van der Waals surface area (Å²) in [4.78, 5) is 22.9. The molecule has 0 aromatic heterocycles. The van der Waals surface area contributed by atoms with Crippen molar-refractivity contribution in [2.75, 3.05) is 6.54 Å². The van der Waals surface area contributed by atoms with Crippen molar-refractivity contribution in [1.82, 2.24) is 4.72 Å². The minimum atomic E-state index is -3.67. The first-order chi connectivity index (χ1) is 12.5. The summed E-state index contributed by atoms with van der Waals surface area (Å²) >= 11 is 0. The molecule has 0 saturated heterocycles. The number of carbonyl (C=O) groups excluding carboxylic acids is 1. The second-order valence-corrected chi connectivity index (χ2v) is 9.79. The lowest BCUT2D eigenvalue weighted by molar-refractivity contribution is -0.143. The van der Waals surface area contributed by atoms with Gasteiger partial charge in [-0.1, -0.05) is 0 Å². The van der Waals surface area contributed by atoms with Gasteiger partial charge in [-0.05, 0) is 76.6 Å². The Hall–Kier alpha value is -1.93. The minimum absolute atomic E-state index is 0.0947. The van der Waals surface area contributed by atoms with Gasteiger partial charge in [-0.15, -0.1) is 0 Å². The molecule has 1 aromatic carbocycles. The summed E-state index contributed by atoms with van der Waals surface area (Å²) in [5.41, 5.74) is -0.647. The van der Waals surface area contributed by atoms with Crippen LogP contribution in [-0.4, -0.2) is 32.0 Å². The Morgan fingerprint density at radius 2 is 1.67 bits per heavy atom. The van der Waals surface area contributed by atoms with Gasteiger partial charge in [0.2, 0.25) is 10.0 Å². The highest BCUT2D eigenvalue weighted by molar-refractivity contribution is 7.89. The van der Waals surface area contributed by atoms with Crippen LogP contribution in [0.3, 0.4) is 0 Å². The van der Waals surface area contributed by atoms with E-state index in [0.29, 0.717) is 31.4 Å². The van der Waals surface area contributed by atoms with Crippen LogP contribution in [-0.2, 0) is 19.6 Å². The van der Waals surface area contributed by atoms with E-state index in [1.54, 1.807) is 20.8 Å². The molecular weight excluding hydrogens is 370 g/mol. The fraction of sp³-hybridized carbons (Fsp3) is 0.579. The van der Waals surface area contributed by atoms with E-state index < -0.39 is 27.4 Å². The molecule has 150 valence electrons. The summed E-state index contributed by atoms with van der Waals surface area (Å²) in [6, 6.07) is 5.70. The Balaban J connectivity index is 1.91. The van der Waals surface area contributed by atoms with E-state index in [4.69, 9.17) is 9.84 Å². The van der Waals surface area contributed by atoms with Crippen LogP contribution in [0.5, 0.6) is 5.75 Å². The molecule has 1 saturated carbocycles. The van der Waals surface area contributed by atoms with Gasteiger partial charge in [-0.25, -0.2) is 13.1 Å². The van der Waals surface area contributed by atoms with Crippen LogP contribution in [0.1, 0.15) is 46.5 Å². The number of ether oxygens (including phenoxy) is 1. The number of carboxylic acids is 1. The van der Waals surface area contributed by atoms with Crippen LogP contribution in [0.4, 0.5) is 0 Å². The molecule has 1 aromatic rings. The monoisotopic (exact) mass is 397 g/mol. The minimum Gasteiger partial charge on any atom is -0.481 e. The summed E-state index contributed by atoms with van der Waals surface area (Å²) in [7, 11) is -3.67. The number of benzene rings is 1. The SMILES string of the molecule is CC(C)(C)C(=O)Oc1ccc(S(=O)(=O)NCC2CCC(C(=O)O)CC2)cc1. The van der Waals surface area contributed by atoms with E-state index in [2.05, 4.69) is 4.72 Å². The highest BCUT2D eigenvalue weighted by atomic mass is 32.2. The Kier molecular flexibility index (Phi) is 6.64. The summed E-state index contributed by atoms with van der Waals surface area (Å²) < 4.78 is 32.7. The maximum Gasteiger partial charge on any atom is 0.316 e. The van der Waals surface area contributed by atoms with E-state index >= 15 is 0 Å². The van der Waals surface area contributed by atoms with Crippen molar-refractivity contribution in [2.45, 2.75) is 51.3 Å². The second-order valence-electron chi connectivity index (χ2n) is 8.02. The molecule has 0 spiro atoms. The quantitative estimate of drug-likeness (QED) is 0.564. The molecule has 1 aliphatic rings. The van der Waals surface area contributed by atoms with Gasteiger partial charge in [0.05, 0.1) is 16.2 Å². The zero-order valence-electron chi connectivity index (χ0n) is 15.9. The number of esters is 1. The number of sulfonamides is 1. The molecule has 0 aliphatic heterocycles. The molecule has 2 rings (SSSR count). The lowest BCUT2D eigenvalue weighted by Crippen LogP contribution is -2.32. The van der Waals surface area contributed by atoms with Gasteiger partial charge in [0.25, 0.3) is 0 Å². The Bertz CT molecular complexity index is 771. The number of rotatable bonds is 6. The standard InChI is InChI=1S/C19H27NO6S/c1-19(2,3)18(23)26-15-8-10-16(11-9-15)27(24,25)20-12-13-4-6-14(7-5-13)17(21)22/h8-11,13-14,20H,4-7,12H2,1-3H3,(H,21,22). The van der Waals surface area contributed by atoms with Gasteiger partial charge in [-0.2, -0.15) is 0 Å². The molecule has 2 N–H and O–H groups in total. The van der Waals surface area contributed by atoms with Gasteiger partial charge in [-0.3, -0.25) is 9.59 Å². The molecule has 0 radical (unpaired) electrons. The molecule has 27 heavy (non-hydrogen) atoms. The predicted octanol–water partition coefficient (Wildman–Crippen LogP) is 2.81. The van der Waals surface area contributed by atoms with Crippen LogP contribution in [0.15, 0.2) is 29.2 Å². The van der Waals surface area contributed by atoms with E-state index in [1.165, 1.54) is 24.3 Å². The first-order valence-corrected chi connectivity index (χ1v) is 10.5. The molecule has 0 bridgehead atoms.